The van der Waals surface area contributed by atoms with Gasteiger partial charge in [-0.05, 0) is 45.2 Å². The molecule has 1 fully saturated rings. The summed E-state index contributed by atoms with van der Waals surface area (Å²) in [5.41, 5.74) is 2.67. The molecule has 1 unspecified atom stereocenters. The van der Waals surface area contributed by atoms with Crippen molar-refractivity contribution in [1.82, 2.24) is 4.90 Å². The Morgan fingerprint density at radius 2 is 2.25 bits per heavy atom. The van der Waals surface area contributed by atoms with Crippen molar-refractivity contribution in [3.63, 3.8) is 0 Å². The van der Waals surface area contributed by atoms with E-state index >= 15 is 0 Å². The quantitative estimate of drug-likeness (QED) is 0.888. The van der Waals surface area contributed by atoms with Gasteiger partial charge in [0.1, 0.15) is 0 Å². The molecule has 0 bridgehead atoms. The van der Waals surface area contributed by atoms with E-state index in [-0.39, 0.29) is 18.6 Å². The van der Waals surface area contributed by atoms with E-state index in [1.54, 1.807) is 0 Å². The van der Waals surface area contributed by atoms with Gasteiger partial charge in [0.05, 0.1) is 18.2 Å². The molecule has 4 heteroatoms. The first kappa shape index (κ1) is 14.9. The van der Waals surface area contributed by atoms with Gasteiger partial charge in [-0.15, -0.1) is 0 Å². The summed E-state index contributed by atoms with van der Waals surface area (Å²) in [6.07, 6.45) is 3.00. The summed E-state index contributed by atoms with van der Waals surface area (Å²) < 4.78 is 0. The highest BCUT2D eigenvalue weighted by Crippen LogP contribution is 2.24. The molecule has 0 spiro atoms. The van der Waals surface area contributed by atoms with E-state index in [1.807, 2.05) is 36.9 Å². The molecule has 1 aromatic rings. The first-order valence-electron chi connectivity index (χ1n) is 7.43. The molecule has 1 atom stereocenters. The van der Waals surface area contributed by atoms with Crippen molar-refractivity contribution >= 4 is 11.6 Å². The molecule has 1 saturated heterocycles. The van der Waals surface area contributed by atoms with Crippen molar-refractivity contribution in [3.8, 4) is 0 Å². The van der Waals surface area contributed by atoms with Crippen molar-refractivity contribution in [1.29, 1.82) is 0 Å². The number of nitrogens with one attached hydrogen (secondary N) is 1. The number of carbonyl (C=O) groups excluding carboxylic acids is 1. The summed E-state index contributed by atoms with van der Waals surface area (Å²) in [6.45, 7) is 5.59. The van der Waals surface area contributed by atoms with Crippen LogP contribution in [-0.4, -0.2) is 41.7 Å². The molecule has 0 aromatic heterocycles. The molecule has 4 nitrogen and oxygen atoms in total. The normalized spacial score (nSPS) is 18.9. The average molecular weight is 276 g/mol. The van der Waals surface area contributed by atoms with E-state index in [1.165, 1.54) is 0 Å². The summed E-state index contributed by atoms with van der Waals surface area (Å²) in [6, 6.07) is 5.87. The van der Waals surface area contributed by atoms with Gasteiger partial charge in [-0.2, -0.15) is 0 Å². The molecule has 1 aliphatic heterocycles. The number of aryl methyl sites for hydroxylation is 1. The Kier molecular flexibility index (Phi) is 5.01. The number of anilines is 1. The maximum Gasteiger partial charge on any atom is 0.256 e. The molecule has 1 amide bonds. The van der Waals surface area contributed by atoms with Crippen molar-refractivity contribution < 1.29 is 9.90 Å². The summed E-state index contributed by atoms with van der Waals surface area (Å²) in [5.74, 6) is 0.0309. The van der Waals surface area contributed by atoms with Gasteiger partial charge in [0.2, 0.25) is 0 Å². The van der Waals surface area contributed by atoms with Gasteiger partial charge in [0, 0.05) is 18.8 Å². The number of nitrogens with zero attached hydrogens (tertiary/aromatic N) is 1. The highest BCUT2D eigenvalue weighted by Gasteiger charge is 2.28. The number of likely N-dealkylation sites (tertiary alicyclic amines) is 1. The lowest BCUT2D eigenvalue weighted by molar-refractivity contribution is 0.0504. The van der Waals surface area contributed by atoms with Gasteiger partial charge in [0.25, 0.3) is 5.91 Å². The smallest absolute Gasteiger partial charge is 0.256 e. The molecule has 1 heterocycles. The van der Waals surface area contributed by atoms with Crippen LogP contribution < -0.4 is 5.32 Å². The monoisotopic (exact) mass is 276 g/mol. The van der Waals surface area contributed by atoms with E-state index in [4.69, 9.17) is 0 Å². The zero-order valence-corrected chi connectivity index (χ0v) is 12.4. The highest BCUT2D eigenvalue weighted by atomic mass is 16.3. The Balaban J connectivity index is 2.29. The number of piperidine rings is 1. The fourth-order valence-corrected chi connectivity index (χ4v) is 2.79. The largest absolute Gasteiger partial charge is 0.394 e. The predicted octanol–water partition coefficient (Wildman–Crippen LogP) is 2.41. The van der Waals surface area contributed by atoms with Crippen LogP contribution in [-0.2, 0) is 0 Å². The summed E-state index contributed by atoms with van der Waals surface area (Å²) in [5, 5.41) is 12.7. The Bertz CT molecular complexity index is 474. The summed E-state index contributed by atoms with van der Waals surface area (Å²) >= 11 is 0. The minimum atomic E-state index is -0.0359. The fourth-order valence-electron chi connectivity index (χ4n) is 2.79. The summed E-state index contributed by atoms with van der Waals surface area (Å²) in [7, 11) is 0. The molecule has 0 aliphatic carbocycles. The van der Waals surface area contributed by atoms with Crippen LogP contribution in [0.2, 0.25) is 0 Å². The zero-order chi connectivity index (χ0) is 14.5. The highest BCUT2D eigenvalue weighted by molar-refractivity contribution is 6.00. The maximum absolute atomic E-state index is 12.8. The molecule has 20 heavy (non-hydrogen) atoms. The third-order valence-electron chi connectivity index (χ3n) is 3.87. The number of amides is 1. The average Bonchev–Trinajstić information content (AvgIpc) is 2.48. The molecule has 1 aromatic carbocycles. The summed E-state index contributed by atoms with van der Waals surface area (Å²) in [4.78, 5) is 14.6. The standard InChI is InChI=1S/C16H24N2O2/c1-3-17-15-8-7-12(2)10-14(15)16(20)18-9-5-4-6-13(18)11-19/h7-8,10,13,17,19H,3-6,9,11H2,1-2H3. The third kappa shape index (κ3) is 3.12. The van der Waals surface area contributed by atoms with Crippen LogP contribution in [0, 0.1) is 6.92 Å². The Hall–Kier alpha value is -1.55. The van der Waals surface area contributed by atoms with Crippen molar-refractivity contribution in [3.05, 3.63) is 29.3 Å². The molecule has 1 aliphatic rings. The van der Waals surface area contributed by atoms with Crippen LogP contribution in [0.1, 0.15) is 42.1 Å². The fraction of sp³-hybridized carbons (Fsp3) is 0.562. The first-order valence-corrected chi connectivity index (χ1v) is 7.43. The number of benzene rings is 1. The number of hydrogen-bond donors (Lipinski definition) is 2. The van der Waals surface area contributed by atoms with Gasteiger partial charge < -0.3 is 15.3 Å². The van der Waals surface area contributed by atoms with Gasteiger partial charge in [0.15, 0.2) is 0 Å². The van der Waals surface area contributed by atoms with Crippen molar-refractivity contribution in [2.24, 2.45) is 0 Å². The Morgan fingerprint density at radius 1 is 1.45 bits per heavy atom. The second-order valence-electron chi connectivity index (χ2n) is 5.41. The lowest BCUT2D eigenvalue weighted by Crippen LogP contribution is -2.45. The van der Waals surface area contributed by atoms with E-state index in [0.717, 1.165) is 43.6 Å². The first-order chi connectivity index (χ1) is 9.67. The van der Waals surface area contributed by atoms with Gasteiger partial charge in [-0.3, -0.25) is 4.79 Å². The van der Waals surface area contributed by atoms with E-state index in [2.05, 4.69) is 5.32 Å². The van der Waals surface area contributed by atoms with Gasteiger partial charge in [-0.25, -0.2) is 0 Å². The third-order valence-corrected chi connectivity index (χ3v) is 3.87. The number of rotatable bonds is 4. The number of hydrogen-bond acceptors (Lipinski definition) is 3. The molecule has 2 N–H and O–H groups in total. The van der Waals surface area contributed by atoms with E-state index < -0.39 is 0 Å². The number of carbonyl (C=O) groups is 1. The second kappa shape index (κ2) is 6.75. The molecular weight excluding hydrogens is 252 g/mol. The molecular formula is C16H24N2O2. The SMILES string of the molecule is CCNc1ccc(C)cc1C(=O)N1CCCCC1CO. The minimum absolute atomic E-state index is 0.0309. The maximum atomic E-state index is 12.8. The van der Waals surface area contributed by atoms with Crippen LogP contribution in [0.25, 0.3) is 0 Å². The molecule has 0 radical (unpaired) electrons. The zero-order valence-electron chi connectivity index (χ0n) is 12.4. The minimum Gasteiger partial charge on any atom is -0.394 e. The lowest BCUT2D eigenvalue weighted by Gasteiger charge is -2.35. The van der Waals surface area contributed by atoms with Crippen molar-refractivity contribution in [2.45, 2.75) is 39.2 Å². The van der Waals surface area contributed by atoms with Crippen molar-refractivity contribution in [2.75, 3.05) is 25.0 Å². The Morgan fingerprint density at radius 3 is 2.95 bits per heavy atom. The topological polar surface area (TPSA) is 52.6 Å². The van der Waals surface area contributed by atoms with Crippen LogP contribution in [0.15, 0.2) is 18.2 Å². The van der Waals surface area contributed by atoms with Gasteiger partial charge >= 0.3 is 0 Å². The Labute approximate surface area is 120 Å². The van der Waals surface area contributed by atoms with Crippen LogP contribution in [0.4, 0.5) is 5.69 Å². The molecule has 110 valence electrons. The van der Waals surface area contributed by atoms with E-state index in [9.17, 15) is 9.90 Å². The van der Waals surface area contributed by atoms with Gasteiger partial charge in [-0.1, -0.05) is 11.6 Å². The lowest BCUT2D eigenvalue weighted by atomic mass is 10.00. The predicted molar refractivity (Wildman–Crippen MR) is 81.1 cm³/mol. The van der Waals surface area contributed by atoms with E-state index in [0.29, 0.717) is 5.56 Å². The number of aliphatic hydroxyl groups is 1. The van der Waals surface area contributed by atoms with Crippen LogP contribution in [0.3, 0.4) is 0 Å². The van der Waals surface area contributed by atoms with Crippen LogP contribution in [0.5, 0.6) is 0 Å². The molecule has 2 rings (SSSR count). The number of aliphatic hydroxyl groups excluding tert-OH is 1. The second-order valence-corrected chi connectivity index (χ2v) is 5.41. The molecule has 0 saturated carbocycles. The van der Waals surface area contributed by atoms with Crippen LogP contribution >= 0.6 is 0 Å².